The van der Waals surface area contributed by atoms with Crippen LogP contribution in [0.4, 0.5) is 5.69 Å². The summed E-state index contributed by atoms with van der Waals surface area (Å²) in [6.07, 6.45) is 0.868. The molecule has 5 nitrogen and oxygen atoms in total. The number of halogens is 2. The van der Waals surface area contributed by atoms with Crippen LogP contribution in [0.15, 0.2) is 51.7 Å². The van der Waals surface area contributed by atoms with Gasteiger partial charge >= 0.3 is 5.63 Å². The Morgan fingerprint density at radius 3 is 2.77 bits per heavy atom. The van der Waals surface area contributed by atoms with Crippen molar-refractivity contribution in [3.8, 4) is 5.75 Å². The Bertz CT molecular complexity index is 1030. The summed E-state index contributed by atoms with van der Waals surface area (Å²) < 4.78 is 10.8. The van der Waals surface area contributed by atoms with Crippen LogP contribution in [0.5, 0.6) is 5.75 Å². The molecule has 7 heteroatoms. The molecule has 0 fully saturated rings. The number of carbonyl (C=O) groups excluding carboxylic acids is 1. The Morgan fingerprint density at radius 2 is 2.00 bits per heavy atom. The summed E-state index contributed by atoms with van der Waals surface area (Å²) in [6.45, 7) is 2.56. The molecule has 1 heterocycles. The van der Waals surface area contributed by atoms with Gasteiger partial charge in [0.1, 0.15) is 16.9 Å². The molecule has 1 amide bonds. The van der Waals surface area contributed by atoms with Gasteiger partial charge in [-0.25, -0.2) is 4.79 Å². The summed E-state index contributed by atoms with van der Waals surface area (Å²) in [7, 11) is 0. The first-order chi connectivity index (χ1) is 12.5. The molecule has 0 aliphatic rings. The van der Waals surface area contributed by atoms with E-state index in [9.17, 15) is 9.59 Å². The van der Waals surface area contributed by atoms with Crippen LogP contribution in [-0.2, 0) is 0 Å². The van der Waals surface area contributed by atoms with Gasteiger partial charge in [0.25, 0.3) is 5.91 Å². The summed E-state index contributed by atoms with van der Waals surface area (Å²) >= 11 is 12.0. The fourth-order valence-corrected chi connectivity index (χ4v) is 2.70. The molecule has 0 saturated heterocycles. The molecule has 2 aromatic carbocycles. The fourth-order valence-electron chi connectivity index (χ4n) is 2.35. The molecule has 1 aromatic heterocycles. The monoisotopic (exact) mass is 391 g/mol. The van der Waals surface area contributed by atoms with Crippen molar-refractivity contribution in [2.75, 3.05) is 11.9 Å². The van der Waals surface area contributed by atoms with Crippen LogP contribution in [0.1, 0.15) is 23.7 Å². The van der Waals surface area contributed by atoms with Gasteiger partial charge in [-0.1, -0.05) is 36.2 Å². The van der Waals surface area contributed by atoms with E-state index >= 15 is 0 Å². The van der Waals surface area contributed by atoms with Gasteiger partial charge < -0.3 is 14.5 Å². The van der Waals surface area contributed by atoms with Crippen molar-refractivity contribution in [3.05, 3.63) is 68.5 Å². The largest absolute Gasteiger partial charge is 0.493 e. The Hall–Kier alpha value is -2.50. The molecule has 3 aromatic rings. The van der Waals surface area contributed by atoms with Gasteiger partial charge in [0, 0.05) is 11.5 Å². The van der Waals surface area contributed by atoms with Gasteiger partial charge in [0.2, 0.25) is 0 Å². The molecule has 0 bridgehead atoms. The molecule has 0 unspecified atom stereocenters. The molecule has 0 atom stereocenters. The predicted octanol–water partition coefficient (Wildman–Crippen LogP) is 5.14. The number of fused-ring (bicyclic) bond motifs is 1. The number of amides is 1. The van der Waals surface area contributed by atoms with Gasteiger partial charge in [0.15, 0.2) is 0 Å². The number of rotatable bonds is 5. The van der Waals surface area contributed by atoms with E-state index in [1.165, 1.54) is 6.07 Å². The zero-order chi connectivity index (χ0) is 18.7. The van der Waals surface area contributed by atoms with E-state index in [0.717, 1.165) is 6.42 Å². The molecular formula is C19H15Cl2NO4. The molecule has 3 rings (SSSR count). The van der Waals surface area contributed by atoms with Crippen LogP contribution in [0.25, 0.3) is 11.0 Å². The Labute approximate surface area is 159 Å². The normalized spacial score (nSPS) is 10.7. The van der Waals surface area contributed by atoms with Gasteiger partial charge in [-0.3, -0.25) is 4.79 Å². The number of benzene rings is 2. The van der Waals surface area contributed by atoms with E-state index in [-0.39, 0.29) is 10.6 Å². The third-order valence-corrected chi connectivity index (χ3v) is 4.44. The quantitative estimate of drug-likeness (QED) is 0.611. The lowest BCUT2D eigenvalue weighted by Crippen LogP contribution is -2.20. The number of carbonyl (C=O) groups is 1. The van der Waals surface area contributed by atoms with Crippen molar-refractivity contribution in [2.45, 2.75) is 13.3 Å². The van der Waals surface area contributed by atoms with E-state index in [0.29, 0.717) is 34.0 Å². The smallest absolute Gasteiger partial charge is 0.349 e. The van der Waals surface area contributed by atoms with E-state index < -0.39 is 11.5 Å². The molecule has 0 aliphatic heterocycles. The minimum Gasteiger partial charge on any atom is -0.493 e. The van der Waals surface area contributed by atoms with Gasteiger partial charge in [-0.15, -0.1) is 0 Å². The Morgan fingerprint density at radius 1 is 1.19 bits per heavy atom. The lowest BCUT2D eigenvalue weighted by molar-refractivity contribution is 0.102. The predicted molar refractivity (Wildman–Crippen MR) is 103 cm³/mol. The van der Waals surface area contributed by atoms with Crippen LogP contribution >= 0.6 is 23.2 Å². The number of anilines is 1. The van der Waals surface area contributed by atoms with E-state index in [2.05, 4.69) is 5.32 Å². The average molecular weight is 392 g/mol. The number of ether oxygens (including phenoxy) is 1. The molecule has 0 spiro atoms. The molecular weight excluding hydrogens is 377 g/mol. The maximum Gasteiger partial charge on any atom is 0.349 e. The van der Waals surface area contributed by atoms with Crippen molar-refractivity contribution < 1.29 is 13.9 Å². The lowest BCUT2D eigenvalue weighted by Gasteiger charge is -2.09. The first kappa shape index (κ1) is 18.3. The van der Waals surface area contributed by atoms with Gasteiger partial charge in [0.05, 0.1) is 22.3 Å². The van der Waals surface area contributed by atoms with Crippen molar-refractivity contribution >= 4 is 45.8 Å². The highest BCUT2D eigenvalue weighted by atomic mass is 35.5. The lowest BCUT2D eigenvalue weighted by atomic mass is 10.1. The number of hydrogen-bond donors (Lipinski definition) is 1. The van der Waals surface area contributed by atoms with Crippen molar-refractivity contribution in [1.82, 2.24) is 0 Å². The van der Waals surface area contributed by atoms with Gasteiger partial charge in [-0.05, 0) is 36.8 Å². The highest BCUT2D eigenvalue weighted by molar-refractivity contribution is 6.44. The zero-order valence-corrected chi connectivity index (χ0v) is 15.4. The summed E-state index contributed by atoms with van der Waals surface area (Å²) in [5.41, 5.74) is -0.218. The second-order valence-corrected chi connectivity index (χ2v) is 6.34. The molecule has 0 aliphatic carbocycles. The summed E-state index contributed by atoms with van der Waals surface area (Å²) in [5.74, 6) is -0.0264. The van der Waals surface area contributed by atoms with Crippen molar-refractivity contribution in [3.63, 3.8) is 0 Å². The van der Waals surface area contributed by atoms with E-state index in [4.69, 9.17) is 32.4 Å². The minimum atomic E-state index is -0.749. The van der Waals surface area contributed by atoms with Crippen LogP contribution in [0, 0.1) is 0 Å². The summed E-state index contributed by atoms with van der Waals surface area (Å²) in [6, 6.07) is 11.4. The molecule has 134 valence electrons. The fraction of sp³-hybridized carbons (Fsp3) is 0.158. The third-order valence-electron chi connectivity index (χ3n) is 3.62. The minimum absolute atomic E-state index is 0.129. The first-order valence-electron chi connectivity index (χ1n) is 7.95. The number of hydrogen-bond acceptors (Lipinski definition) is 4. The highest BCUT2D eigenvalue weighted by Crippen LogP contribution is 2.30. The van der Waals surface area contributed by atoms with Crippen LogP contribution in [0.2, 0.25) is 10.0 Å². The Kier molecular flexibility index (Phi) is 5.49. The average Bonchev–Trinajstić information content (AvgIpc) is 2.63. The highest BCUT2D eigenvalue weighted by Gasteiger charge is 2.16. The van der Waals surface area contributed by atoms with E-state index in [1.807, 2.05) is 6.92 Å². The second-order valence-electron chi connectivity index (χ2n) is 5.55. The van der Waals surface area contributed by atoms with Crippen LogP contribution in [-0.4, -0.2) is 12.5 Å². The molecule has 26 heavy (non-hydrogen) atoms. The standard InChI is InChI=1S/C19H15Cl2NO4/c1-2-8-25-12-7-6-11-9-13(19(24)26-16(11)10-12)18(23)22-15-5-3-4-14(20)17(15)21/h3-7,9-10H,2,8H2,1H3,(H,22,23). The van der Waals surface area contributed by atoms with E-state index in [1.54, 1.807) is 36.4 Å². The zero-order valence-electron chi connectivity index (χ0n) is 13.8. The van der Waals surface area contributed by atoms with Gasteiger partial charge in [-0.2, -0.15) is 0 Å². The van der Waals surface area contributed by atoms with Crippen molar-refractivity contribution in [1.29, 1.82) is 0 Å². The summed E-state index contributed by atoms with van der Waals surface area (Å²) in [4.78, 5) is 24.7. The van der Waals surface area contributed by atoms with Crippen molar-refractivity contribution in [2.24, 2.45) is 0 Å². The van der Waals surface area contributed by atoms with Crippen LogP contribution < -0.4 is 15.7 Å². The number of nitrogens with one attached hydrogen (secondary N) is 1. The molecule has 0 saturated carbocycles. The maximum atomic E-state index is 12.5. The maximum absolute atomic E-state index is 12.5. The molecule has 0 radical (unpaired) electrons. The summed E-state index contributed by atoms with van der Waals surface area (Å²) in [5, 5.41) is 3.68. The van der Waals surface area contributed by atoms with Crippen LogP contribution in [0.3, 0.4) is 0 Å². The molecule has 1 N–H and O–H groups in total. The first-order valence-corrected chi connectivity index (χ1v) is 8.71. The Balaban J connectivity index is 1.92. The third kappa shape index (κ3) is 3.84. The second kappa shape index (κ2) is 7.81. The topological polar surface area (TPSA) is 68.5 Å². The SMILES string of the molecule is CCCOc1ccc2cc(C(=O)Nc3cccc(Cl)c3Cl)c(=O)oc2c1.